The van der Waals surface area contributed by atoms with Gasteiger partial charge in [0.2, 0.25) is 5.91 Å². The molecule has 0 atom stereocenters. The summed E-state index contributed by atoms with van der Waals surface area (Å²) in [5.74, 6) is 0.735. The molecule has 0 saturated carbocycles. The van der Waals surface area contributed by atoms with Crippen molar-refractivity contribution in [3.05, 3.63) is 24.3 Å². The number of rotatable bonds is 5. The zero-order valence-electron chi connectivity index (χ0n) is 14.7. The molecule has 0 unspecified atom stereocenters. The number of carbonyl (C=O) groups excluding carboxylic acids is 2. The number of piperidine rings is 1. The highest BCUT2D eigenvalue weighted by molar-refractivity contribution is 5.92. The molecular formula is C18H27N3O3. The Morgan fingerprint density at radius 3 is 2.25 bits per heavy atom. The van der Waals surface area contributed by atoms with Crippen molar-refractivity contribution in [2.45, 2.75) is 26.7 Å². The maximum Gasteiger partial charge on any atom is 0.319 e. The Balaban J connectivity index is 1.84. The van der Waals surface area contributed by atoms with Gasteiger partial charge in [0.1, 0.15) is 5.75 Å². The first-order chi connectivity index (χ1) is 11.6. The van der Waals surface area contributed by atoms with Gasteiger partial charge in [0.15, 0.2) is 0 Å². The Morgan fingerprint density at radius 2 is 1.75 bits per heavy atom. The molecule has 6 nitrogen and oxygen atoms in total. The maximum absolute atomic E-state index is 12.4. The lowest BCUT2D eigenvalue weighted by Gasteiger charge is -2.34. The molecular weight excluding hydrogens is 306 g/mol. The van der Waals surface area contributed by atoms with Crippen LogP contribution in [0.3, 0.4) is 0 Å². The average Bonchev–Trinajstić information content (AvgIpc) is 2.63. The molecule has 1 saturated heterocycles. The van der Waals surface area contributed by atoms with E-state index in [0.29, 0.717) is 39.0 Å². The van der Waals surface area contributed by atoms with Crippen LogP contribution < -0.4 is 10.1 Å². The molecule has 24 heavy (non-hydrogen) atoms. The van der Waals surface area contributed by atoms with E-state index in [1.54, 1.807) is 7.11 Å². The quantitative estimate of drug-likeness (QED) is 0.901. The summed E-state index contributed by atoms with van der Waals surface area (Å²) in [4.78, 5) is 28.4. The van der Waals surface area contributed by atoms with Crippen LogP contribution >= 0.6 is 0 Å². The summed E-state index contributed by atoms with van der Waals surface area (Å²) in [5, 5.41) is 2.94. The summed E-state index contributed by atoms with van der Waals surface area (Å²) >= 11 is 0. The molecule has 0 aromatic heterocycles. The van der Waals surface area contributed by atoms with Crippen LogP contribution in [0, 0.1) is 5.92 Å². The average molecular weight is 333 g/mol. The minimum atomic E-state index is -0.0483. The molecule has 3 amide bonds. The molecule has 132 valence electrons. The zero-order chi connectivity index (χ0) is 17.5. The number of hydrogen-bond acceptors (Lipinski definition) is 3. The SMILES string of the molecule is CCN(CC)C(=O)N1CCC(C(=O)Nc2ccc(OC)cc2)CC1. The zero-order valence-corrected chi connectivity index (χ0v) is 14.7. The lowest BCUT2D eigenvalue weighted by molar-refractivity contribution is -0.121. The summed E-state index contributed by atoms with van der Waals surface area (Å²) in [6.45, 7) is 6.67. The van der Waals surface area contributed by atoms with Gasteiger partial charge < -0.3 is 19.9 Å². The van der Waals surface area contributed by atoms with Gasteiger partial charge in [-0.25, -0.2) is 4.79 Å². The van der Waals surface area contributed by atoms with Crippen molar-refractivity contribution < 1.29 is 14.3 Å². The number of anilines is 1. The molecule has 1 heterocycles. The third-order valence-corrected chi connectivity index (χ3v) is 4.53. The lowest BCUT2D eigenvalue weighted by atomic mass is 9.96. The Hall–Kier alpha value is -2.24. The van der Waals surface area contributed by atoms with Crippen molar-refractivity contribution in [2.75, 3.05) is 38.6 Å². The van der Waals surface area contributed by atoms with E-state index in [0.717, 1.165) is 11.4 Å². The van der Waals surface area contributed by atoms with Crippen molar-refractivity contribution in [1.82, 2.24) is 9.80 Å². The highest BCUT2D eigenvalue weighted by Gasteiger charge is 2.28. The van der Waals surface area contributed by atoms with Crippen LogP contribution in [0.1, 0.15) is 26.7 Å². The number of benzene rings is 1. The van der Waals surface area contributed by atoms with E-state index in [1.807, 2.05) is 47.9 Å². The molecule has 1 aromatic rings. The van der Waals surface area contributed by atoms with Crippen LogP contribution in [0.25, 0.3) is 0 Å². The molecule has 0 radical (unpaired) electrons. The van der Waals surface area contributed by atoms with E-state index in [-0.39, 0.29) is 17.9 Å². The number of hydrogen-bond donors (Lipinski definition) is 1. The summed E-state index contributed by atoms with van der Waals surface area (Å²) in [7, 11) is 1.61. The summed E-state index contributed by atoms with van der Waals surface area (Å²) in [6, 6.07) is 7.38. The van der Waals surface area contributed by atoms with E-state index < -0.39 is 0 Å². The number of methoxy groups -OCH3 is 1. The van der Waals surface area contributed by atoms with Crippen LogP contribution in [0.4, 0.5) is 10.5 Å². The third kappa shape index (κ3) is 4.40. The maximum atomic E-state index is 12.4. The van der Waals surface area contributed by atoms with Crippen molar-refractivity contribution in [2.24, 2.45) is 5.92 Å². The molecule has 0 spiro atoms. The van der Waals surface area contributed by atoms with E-state index in [1.165, 1.54) is 0 Å². The van der Waals surface area contributed by atoms with Gasteiger partial charge in [0, 0.05) is 37.8 Å². The Morgan fingerprint density at radius 1 is 1.17 bits per heavy atom. The Labute approximate surface area is 143 Å². The number of likely N-dealkylation sites (tertiary alicyclic amines) is 1. The monoisotopic (exact) mass is 333 g/mol. The predicted octanol–water partition coefficient (Wildman–Crippen LogP) is 2.81. The first kappa shape index (κ1) is 18.1. The first-order valence-electron chi connectivity index (χ1n) is 8.57. The van der Waals surface area contributed by atoms with Crippen molar-refractivity contribution in [3.63, 3.8) is 0 Å². The second-order valence-electron chi connectivity index (χ2n) is 5.93. The molecule has 1 aliphatic heterocycles. The fourth-order valence-electron chi connectivity index (χ4n) is 2.95. The molecule has 2 rings (SSSR count). The fraction of sp³-hybridized carbons (Fsp3) is 0.556. The molecule has 1 aromatic carbocycles. The Bertz CT molecular complexity index is 547. The van der Waals surface area contributed by atoms with Crippen LogP contribution in [-0.4, -0.2) is 55.0 Å². The number of amides is 3. The van der Waals surface area contributed by atoms with Crippen LogP contribution in [0.15, 0.2) is 24.3 Å². The van der Waals surface area contributed by atoms with E-state index >= 15 is 0 Å². The van der Waals surface area contributed by atoms with Gasteiger partial charge in [-0.15, -0.1) is 0 Å². The summed E-state index contributed by atoms with van der Waals surface area (Å²) < 4.78 is 5.11. The largest absolute Gasteiger partial charge is 0.497 e. The van der Waals surface area contributed by atoms with Gasteiger partial charge in [-0.3, -0.25) is 4.79 Å². The van der Waals surface area contributed by atoms with Crippen molar-refractivity contribution in [3.8, 4) is 5.75 Å². The second kappa shape index (κ2) is 8.57. The molecule has 1 fully saturated rings. The summed E-state index contributed by atoms with van der Waals surface area (Å²) in [6.07, 6.45) is 1.41. The predicted molar refractivity (Wildman–Crippen MR) is 94.2 cm³/mol. The van der Waals surface area contributed by atoms with E-state index in [4.69, 9.17) is 4.74 Å². The summed E-state index contributed by atoms with van der Waals surface area (Å²) in [5.41, 5.74) is 0.766. The van der Waals surface area contributed by atoms with Gasteiger partial charge in [0.05, 0.1) is 7.11 Å². The third-order valence-electron chi connectivity index (χ3n) is 4.53. The number of nitrogens with zero attached hydrogens (tertiary/aromatic N) is 2. The minimum Gasteiger partial charge on any atom is -0.497 e. The highest BCUT2D eigenvalue weighted by atomic mass is 16.5. The standard InChI is InChI=1S/C18H27N3O3/c1-4-20(5-2)18(23)21-12-10-14(11-13-21)17(22)19-15-6-8-16(24-3)9-7-15/h6-9,14H,4-5,10-13H2,1-3H3,(H,19,22). The van der Waals surface area contributed by atoms with Gasteiger partial charge in [-0.2, -0.15) is 0 Å². The molecule has 1 N–H and O–H groups in total. The number of carbonyl (C=O) groups is 2. The topological polar surface area (TPSA) is 61.9 Å². The van der Waals surface area contributed by atoms with Crippen molar-refractivity contribution in [1.29, 1.82) is 0 Å². The number of nitrogens with one attached hydrogen (secondary N) is 1. The Kier molecular flexibility index (Phi) is 6.46. The molecule has 0 bridgehead atoms. The fourth-order valence-corrected chi connectivity index (χ4v) is 2.95. The lowest BCUT2D eigenvalue weighted by Crippen LogP contribution is -2.47. The normalized spacial score (nSPS) is 15.0. The highest BCUT2D eigenvalue weighted by Crippen LogP contribution is 2.21. The van der Waals surface area contributed by atoms with E-state index in [9.17, 15) is 9.59 Å². The van der Waals surface area contributed by atoms with Gasteiger partial charge in [-0.1, -0.05) is 0 Å². The molecule has 1 aliphatic rings. The van der Waals surface area contributed by atoms with Crippen molar-refractivity contribution >= 4 is 17.6 Å². The minimum absolute atomic E-state index is 0.0232. The second-order valence-corrected chi connectivity index (χ2v) is 5.93. The van der Waals surface area contributed by atoms with Crippen LogP contribution in [0.5, 0.6) is 5.75 Å². The van der Waals surface area contributed by atoms with Gasteiger partial charge >= 0.3 is 6.03 Å². The van der Waals surface area contributed by atoms with Gasteiger partial charge in [0.25, 0.3) is 0 Å². The smallest absolute Gasteiger partial charge is 0.319 e. The van der Waals surface area contributed by atoms with Crippen LogP contribution in [0.2, 0.25) is 0 Å². The number of ether oxygens (including phenoxy) is 1. The first-order valence-corrected chi connectivity index (χ1v) is 8.57. The van der Waals surface area contributed by atoms with E-state index in [2.05, 4.69) is 5.32 Å². The molecule has 0 aliphatic carbocycles. The number of urea groups is 1. The van der Waals surface area contributed by atoms with Crippen LogP contribution in [-0.2, 0) is 4.79 Å². The molecule has 6 heteroatoms. The van der Waals surface area contributed by atoms with Gasteiger partial charge in [-0.05, 0) is 51.0 Å².